The Morgan fingerprint density at radius 1 is 1.26 bits per heavy atom. The predicted molar refractivity (Wildman–Crippen MR) is 68.1 cm³/mol. The van der Waals surface area contributed by atoms with Crippen molar-refractivity contribution in [1.29, 1.82) is 0 Å². The third kappa shape index (κ3) is 3.07. The topological polar surface area (TPSA) is 73.6 Å². The van der Waals surface area contributed by atoms with E-state index in [1.165, 1.54) is 13.0 Å². The number of esters is 1. The molecule has 0 fully saturated rings. The van der Waals surface area contributed by atoms with Crippen LogP contribution in [0.5, 0.6) is 0 Å². The van der Waals surface area contributed by atoms with Gasteiger partial charge in [0.25, 0.3) is 0 Å². The molecule has 0 amide bonds. The zero-order chi connectivity index (χ0) is 13.8. The van der Waals surface area contributed by atoms with E-state index in [2.05, 4.69) is 0 Å². The number of carbonyl (C=O) groups is 2. The lowest BCUT2D eigenvalue weighted by atomic mass is 10.2. The van der Waals surface area contributed by atoms with Crippen LogP contribution in [0, 0.1) is 0 Å². The molecule has 0 radical (unpaired) electrons. The Morgan fingerprint density at radius 2 is 2.00 bits per heavy atom. The second kappa shape index (κ2) is 5.48. The van der Waals surface area contributed by atoms with E-state index in [0.717, 1.165) is 0 Å². The lowest BCUT2D eigenvalue weighted by Gasteiger charge is -2.03. The van der Waals surface area contributed by atoms with E-state index in [1.807, 2.05) is 0 Å². The van der Waals surface area contributed by atoms with Crippen LogP contribution >= 0.6 is 0 Å². The smallest absolute Gasteiger partial charge is 0.351 e. The molecule has 1 aromatic carbocycles. The maximum atomic E-state index is 11.7. The minimum atomic E-state index is -0.777. The maximum Gasteiger partial charge on any atom is 0.351 e. The van der Waals surface area contributed by atoms with Crippen LogP contribution in [0.4, 0.5) is 0 Å². The Kier molecular flexibility index (Phi) is 3.75. The number of hydrogen-bond acceptors (Lipinski definition) is 5. The Morgan fingerprint density at radius 3 is 2.74 bits per heavy atom. The fourth-order valence-corrected chi connectivity index (χ4v) is 1.57. The number of ether oxygens (including phenoxy) is 1. The molecule has 0 aliphatic heterocycles. The molecule has 0 unspecified atom stereocenters. The number of ketones is 1. The number of hydrogen-bond donors (Lipinski definition) is 0. The first-order valence-electron chi connectivity index (χ1n) is 5.77. The van der Waals surface area contributed by atoms with Crippen LogP contribution in [0.1, 0.15) is 23.7 Å². The molecular weight excluding hydrogens is 248 g/mol. The Labute approximate surface area is 108 Å². The van der Waals surface area contributed by atoms with Gasteiger partial charge in [-0.05, 0) is 19.1 Å². The molecule has 5 nitrogen and oxygen atoms in total. The number of carbonyl (C=O) groups excluding carboxylic acids is 2. The van der Waals surface area contributed by atoms with Gasteiger partial charge in [-0.1, -0.05) is 18.2 Å². The minimum Gasteiger partial charge on any atom is -0.461 e. The van der Waals surface area contributed by atoms with Gasteiger partial charge in [-0.3, -0.25) is 4.79 Å². The highest BCUT2D eigenvalue weighted by Gasteiger charge is 2.15. The molecule has 0 aliphatic rings. The molecule has 1 aromatic heterocycles. The highest BCUT2D eigenvalue weighted by Crippen LogP contribution is 2.13. The highest BCUT2D eigenvalue weighted by atomic mass is 16.5. The molecule has 0 atom stereocenters. The quantitative estimate of drug-likeness (QED) is 0.620. The summed E-state index contributed by atoms with van der Waals surface area (Å²) in [6.07, 6.45) is 0.130. The molecule has 0 saturated carbocycles. The van der Waals surface area contributed by atoms with Crippen molar-refractivity contribution >= 4 is 22.7 Å². The first-order valence-corrected chi connectivity index (χ1v) is 5.77. The molecule has 0 saturated heterocycles. The monoisotopic (exact) mass is 260 g/mol. The van der Waals surface area contributed by atoms with Crippen molar-refractivity contribution in [3.8, 4) is 0 Å². The first-order chi connectivity index (χ1) is 9.08. The van der Waals surface area contributed by atoms with Gasteiger partial charge in [0, 0.05) is 11.8 Å². The van der Waals surface area contributed by atoms with Crippen molar-refractivity contribution in [3.05, 3.63) is 46.3 Å². The van der Waals surface area contributed by atoms with Gasteiger partial charge in [0.15, 0.2) is 0 Å². The minimum absolute atomic E-state index is 0.0412. The van der Waals surface area contributed by atoms with E-state index < -0.39 is 11.6 Å². The molecule has 98 valence electrons. The summed E-state index contributed by atoms with van der Waals surface area (Å²) in [5.74, 6) is -0.862. The standard InChI is InChI=1S/C14H12O5/c1-9(15)6-7-18-13(16)11-8-10-4-2-3-5-12(10)19-14(11)17/h2-5,8H,6-7H2,1H3. The Hall–Kier alpha value is -2.43. The van der Waals surface area contributed by atoms with E-state index in [-0.39, 0.29) is 24.4 Å². The second-order valence-electron chi connectivity index (χ2n) is 4.07. The summed E-state index contributed by atoms with van der Waals surface area (Å²) in [5.41, 5.74) is -0.499. The number of benzene rings is 1. The molecule has 0 spiro atoms. The molecular formula is C14H12O5. The van der Waals surface area contributed by atoms with Gasteiger partial charge < -0.3 is 9.15 Å². The van der Waals surface area contributed by atoms with E-state index in [1.54, 1.807) is 24.3 Å². The summed E-state index contributed by atoms with van der Waals surface area (Å²) in [6.45, 7) is 1.36. The zero-order valence-electron chi connectivity index (χ0n) is 10.3. The summed E-state index contributed by atoms with van der Waals surface area (Å²) >= 11 is 0. The van der Waals surface area contributed by atoms with Crippen LogP contribution in [-0.2, 0) is 9.53 Å². The normalized spacial score (nSPS) is 10.4. The fraction of sp³-hybridized carbons (Fsp3) is 0.214. The van der Waals surface area contributed by atoms with Gasteiger partial charge in [0.05, 0.1) is 6.61 Å². The summed E-state index contributed by atoms with van der Waals surface area (Å²) in [7, 11) is 0. The molecule has 2 aromatic rings. The van der Waals surface area contributed by atoms with E-state index in [4.69, 9.17) is 9.15 Å². The van der Waals surface area contributed by atoms with Crippen LogP contribution < -0.4 is 5.63 Å². The van der Waals surface area contributed by atoms with Crippen molar-refractivity contribution in [3.63, 3.8) is 0 Å². The molecule has 2 rings (SSSR count). The van der Waals surface area contributed by atoms with Crippen molar-refractivity contribution < 1.29 is 18.7 Å². The van der Waals surface area contributed by atoms with Crippen LogP contribution in [0.2, 0.25) is 0 Å². The summed E-state index contributed by atoms with van der Waals surface area (Å²) in [4.78, 5) is 34.1. The number of fused-ring (bicyclic) bond motifs is 1. The number of rotatable bonds is 4. The predicted octanol–water partition coefficient (Wildman–Crippen LogP) is 1.93. The van der Waals surface area contributed by atoms with Crippen molar-refractivity contribution in [2.75, 3.05) is 6.61 Å². The van der Waals surface area contributed by atoms with Gasteiger partial charge in [-0.25, -0.2) is 9.59 Å². The summed E-state index contributed by atoms with van der Waals surface area (Å²) in [5, 5.41) is 0.639. The lowest BCUT2D eigenvalue weighted by molar-refractivity contribution is -0.117. The van der Waals surface area contributed by atoms with Gasteiger partial charge in [-0.2, -0.15) is 0 Å². The highest BCUT2D eigenvalue weighted by molar-refractivity contribution is 5.92. The van der Waals surface area contributed by atoms with Gasteiger partial charge >= 0.3 is 11.6 Å². The van der Waals surface area contributed by atoms with Crippen LogP contribution in [0.15, 0.2) is 39.5 Å². The fourth-order valence-electron chi connectivity index (χ4n) is 1.57. The second-order valence-corrected chi connectivity index (χ2v) is 4.07. The third-order valence-corrected chi connectivity index (χ3v) is 2.55. The number of Topliss-reactive ketones (excluding diaryl/α,β-unsaturated/α-hetero) is 1. The van der Waals surface area contributed by atoms with E-state index in [9.17, 15) is 14.4 Å². The van der Waals surface area contributed by atoms with E-state index in [0.29, 0.717) is 11.0 Å². The number of para-hydroxylation sites is 1. The van der Waals surface area contributed by atoms with Crippen LogP contribution in [0.3, 0.4) is 0 Å². The molecule has 0 N–H and O–H groups in total. The summed E-state index contributed by atoms with van der Waals surface area (Å²) < 4.78 is 9.87. The van der Waals surface area contributed by atoms with Crippen LogP contribution in [0.25, 0.3) is 11.0 Å². The Bertz CT molecular complexity index is 684. The SMILES string of the molecule is CC(=O)CCOC(=O)c1cc2ccccc2oc1=O. The zero-order valence-corrected chi connectivity index (χ0v) is 10.3. The molecule has 19 heavy (non-hydrogen) atoms. The van der Waals surface area contributed by atoms with Crippen LogP contribution in [-0.4, -0.2) is 18.4 Å². The summed E-state index contributed by atoms with van der Waals surface area (Å²) in [6, 6.07) is 8.30. The molecule has 0 bridgehead atoms. The Balaban J connectivity index is 2.24. The van der Waals surface area contributed by atoms with Crippen molar-refractivity contribution in [2.45, 2.75) is 13.3 Å². The average Bonchev–Trinajstić information content (AvgIpc) is 2.37. The van der Waals surface area contributed by atoms with Crippen molar-refractivity contribution in [2.24, 2.45) is 0 Å². The van der Waals surface area contributed by atoms with Gasteiger partial charge in [0.2, 0.25) is 0 Å². The van der Waals surface area contributed by atoms with Crippen molar-refractivity contribution in [1.82, 2.24) is 0 Å². The first kappa shape index (κ1) is 13.0. The maximum absolute atomic E-state index is 11.7. The van der Waals surface area contributed by atoms with Gasteiger partial charge in [0.1, 0.15) is 16.9 Å². The molecule has 1 heterocycles. The third-order valence-electron chi connectivity index (χ3n) is 2.55. The average molecular weight is 260 g/mol. The van der Waals surface area contributed by atoms with E-state index >= 15 is 0 Å². The molecule has 5 heteroatoms. The van der Waals surface area contributed by atoms with Gasteiger partial charge in [-0.15, -0.1) is 0 Å². The largest absolute Gasteiger partial charge is 0.461 e. The lowest BCUT2D eigenvalue weighted by Crippen LogP contribution is -2.17. The molecule has 0 aliphatic carbocycles.